The number of aromatic nitrogens is 3. The molecular weight excluding hydrogens is 330 g/mol. The molecule has 0 aliphatic heterocycles. The van der Waals surface area contributed by atoms with E-state index in [1.54, 1.807) is 29.9 Å². The van der Waals surface area contributed by atoms with Crippen molar-refractivity contribution in [3.63, 3.8) is 0 Å². The van der Waals surface area contributed by atoms with E-state index >= 15 is 0 Å². The van der Waals surface area contributed by atoms with Crippen LogP contribution < -0.4 is 4.74 Å². The third-order valence-corrected chi connectivity index (χ3v) is 4.22. The van der Waals surface area contributed by atoms with Crippen LogP contribution in [-0.2, 0) is 4.74 Å². The predicted octanol–water partition coefficient (Wildman–Crippen LogP) is 3.71. The summed E-state index contributed by atoms with van der Waals surface area (Å²) in [5, 5.41) is 4.26. The second kappa shape index (κ2) is 7.56. The first-order valence-corrected chi connectivity index (χ1v) is 8.68. The molecule has 0 unspecified atom stereocenters. The summed E-state index contributed by atoms with van der Waals surface area (Å²) in [7, 11) is 0. The Hall–Kier alpha value is -2.89. The van der Waals surface area contributed by atoms with Gasteiger partial charge in [-0.25, -0.2) is 14.3 Å². The van der Waals surface area contributed by atoms with Crippen LogP contribution in [0.1, 0.15) is 46.9 Å². The molecule has 0 saturated carbocycles. The molecule has 6 nitrogen and oxygen atoms in total. The van der Waals surface area contributed by atoms with Crippen LogP contribution in [0, 0.1) is 13.8 Å². The first-order chi connectivity index (χ1) is 12.5. The van der Waals surface area contributed by atoms with Crippen molar-refractivity contribution >= 4 is 11.6 Å². The molecule has 0 fully saturated rings. The number of nitrogens with zero attached hydrogens (tertiary/aromatic N) is 3. The summed E-state index contributed by atoms with van der Waals surface area (Å²) >= 11 is 0. The monoisotopic (exact) mass is 353 g/mol. The van der Waals surface area contributed by atoms with E-state index in [-0.39, 0.29) is 13.2 Å². The summed E-state index contributed by atoms with van der Waals surface area (Å²) in [4.78, 5) is 16.6. The minimum atomic E-state index is -0.439. The van der Waals surface area contributed by atoms with Crippen LogP contribution in [0.4, 0.5) is 0 Å². The average molecular weight is 353 g/mol. The first kappa shape index (κ1) is 17.9. The molecule has 0 atom stereocenters. The lowest BCUT2D eigenvalue weighted by Crippen LogP contribution is -2.13. The van der Waals surface area contributed by atoms with Gasteiger partial charge in [-0.05, 0) is 49.1 Å². The number of benzene rings is 1. The summed E-state index contributed by atoms with van der Waals surface area (Å²) in [5.74, 6) is 0.815. The molecule has 3 rings (SSSR count). The van der Waals surface area contributed by atoms with Crippen LogP contribution in [0.3, 0.4) is 0 Å². The second-order valence-electron chi connectivity index (χ2n) is 6.51. The van der Waals surface area contributed by atoms with Gasteiger partial charge in [-0.1, -0.05) is 19.9 Å². The van der Waals surface area contributed by atoms with Crippen LogP contribution in [0.15, 0.2) is 36.7 Å². The minimum absolute atomic E-state index is 0.160. The molecule has 0 aliphatic rings. The van der Waals surface area contributed by atoms with Crippen LogP contribution in [0.2, 0.25) is 0 Å². The highest BCUT2D eigenvalue weighted by molar-refractivity contribution is 5.97. The molecule has 0 amide bonds. The molecule has 2 aromatic heterocycles. The maximum absolute atomic E-state index is 12.4. The average Bonchev–Trinajstić information content (AvgIpc) is 2.94. The highest BCUT2D eigenvalue weighted by Gasteiger charge is 2.19. The topological polar surface area (TPSA) is 65.7 Å². The Morgan fingerprint density at radius 1 is 1.23 bits per heavy atom. The van der Waals surface area contributed by atoms with E-state index in [4.69, 9.17) is 9.47 Å². The molecule has 0 aliphatic carbocycles. The number of carbonyl (C=O) groups excluding carboxylic acids is 1. The smallest absolute Gasteiger partial charge is 0.344 e. The zero-order valence-corrected chi connectivity index (χ0v) is 15.5. The molecule has 3 aromatic rings. The summed E-state index contributed by atoms with van der Waals surface area (Å²) in [6.07, 6.45) is 3.37. The molecule has 0 bridgehead atoms. The summed E-state index contributed by atoms with van der Waals surface area (Å²) in [6.45, 7) is 8.62. The molecule has 26 heavy (non-hydrogen) atoms. The van der Waals surface area contributed by atoms with E-state index in [0.717, 1.165) is 5.75 Å². The van der Waals surface area contributed by atoms with Crippen molar-refractivity contribution in [3.05, 3.63) is 59.0 Å². The fourth-order valence-corrected chi connectivity index (χ4v) is 2.99. The fraction of sp³-hybridized carbons (Fsp3) is 0.350. The van der Waals surface area contributed by atoms with Gasteiger partial charge in [0.25, 0.3) is 0 Å². The largest absolute Gasteiger partial charge is 0.490 e. The molecule has 1 aromatic carbocycles. The van der Waals surface area contributed by atoms with Gasteiger partial charge in [0, 0.05) is 12.4 Å². The Kier molecular flexibility index (Phi) is 5.21. The lowest BCUT2D eigenvalue weighted by Gasteiger charge is -2.12. The lowest BCUT2D eigenvalue weighted by atomic mass is 9.98. The third-order valence-electron chi connectivity index (χ3n) is 4.22. The number of hydrogen-bond donors (Lipinski definition) is 0. The summed E-state index contributed by atoms with van der Waals surface area (Å²) in [6, 6.07) is 7.80. The van der Waals surface area contributed by atoms with E-state index in [1.165, 1.54) is 11.1 Å². The van der Waals surface area contributed by atoms with E-state index in [0.29, 0.717) is 22.8 Å². The highest BCUT2D eigenvalue weighted by atomic mass is 16.6. The van der Waals surface area contributed by atoms with E-state index in [2.05, 4.69) is 36.9 Å². The van der Waals surface area contributed by atoms with Crippen molar-refractivity contribution in [2.75, 3.05) is 13.2 Å². The lowest BCUT2D eigenvalue weighted by molar-refractivity contribution is 0.0451. The Morgan fingerprint density at radius 2 is 2.04 bits per heavy atom. The van der Waals surface area contributed by atoms with Gasteiger partial charge in [0.1, 0.15) is 24.5 Å². The van der Waals surface area contributed by atoms with Gasteiger partial charge >= 0.3 is 5.97 Å². The molecule has 2 heterocycles. The first-order valence-electron chi connectivity index (χ1n) is 8.68. The summed E-state index contributed by atoms with van der Waals surface area (Å²) < 4.78 is 12.6. The van der Waals surface area contributed by atoms with Crippen LogP contribution in [-0.4, -0.2) is 33.8 Å². The van der Waals surface area contributed by atoms with E-state index < -0.39 is 5.97 Å². The molecule has 0 N–H and O–H groups in total. The number of fused-ring (bicyclic) bond motifs is 1. The Balaban J connectivity index is 1.57. The number of ether oxygens (including phenoxy) is 2. The minimum Gasteiger partial charge on any atom is -0.490 e. The quantitative estimate of drug-likeness (QED) is 0.499. The zero-order valence-electron chi connectivity index (χ0n) is 15.5. The standard InChI is InChI=1S/C20H23N3O3/c1-13(2)17-7-6-16(12-14(17)3)25-10-11-26-20(24)18-15(4)22-23-9-5-8-21-19(18)23/h5-9,12-13H,10-11H2,1-4H3. The number of rotatable bonds is 6. The van der Waals surface area contributed by atoms with Crippen LogP contribution >= 0.6 is 0 Å². The van der Waals surface area contributed by atoms with Gasteiger partial charge in [-0.3, -0.25) is 0 Å². The highest BCUT2D eigenvalue weighted by Crippen LogP contribution is 2.23. The van der Waals surface area contributed by atoms with Crippen molar-refractivity contribution in [2.24, 2.45) is 0 Å². The Morgan fingerprint density at radius 3 is 2.77 bits per heavy atom. The van der Waals surface area contributed by atoms with E-state index in [9.17, 15) is 4.79 Å². The number of hydrogen-bond acceptors (Lipinski definition) is 5. The van der Waals surface area contributed by atoms with Crippen molar-refractivity contribution in [1.29, 1.82) is 0 Å². The normalized spacial score (nSPS) is 11.1. The van der Waals surface area contributed by atoms with Gasteiger partial charge in [-0.15, -0.1) is 0 Å². The van der Waals surface area contributed by atoms with Gasteiger partial charge in [-0.2, -0.15) is 5.10 Å². The second-order valence-corrected chi connectivity index (χ2v) is 6.51. The summed E-state index contributed by atoms with van der Waals surface area (Å²) in [5.41, 5.74) is 3.98. The number of aryl methyl sites for hydroxylation is 2. The van der Waals surface area contributed by atoms with Crippen molar-refractivity contribution in [3.8, 4) is 5.75 Å². The van der Waals surface area contributed by atoms with Gasteiger partial charge in [0.2, 0.25) is 0 Å². The molecule has 0 radical (unpaired) electrons. The molecule has 0 spiro atoms. The number of carbonyl (C=O) groups is 1. The maximum atomic E-state index is 12.4. The van der Waals surface area contributed by atoms with Crippen molar-refractivity contribution in [1.82, 2.24) is 14.6 Å². The number of esters is 1. The van der Waals surface area contributed by atoms with Crippen LogP contribution in [0.25, 0.3) is 5.65 Å². The van der Waals surface area contributed by atoms with Gasteiger partial charge in [0.15, 0.2) is 5.65 Å². The third kappa shape index (κ3) is 3.69. The van der Waals surface area contributed by atoms with Crippen LogP contribution in [0.5, 0.6) is 5.75 Å². The fourth-order valence-electron chi connectivity index (χ4n) is 2.99. The van der Waals surface area contributed by atoms with Crippen molar-refractivity contribution in [2.45, 2.75) is 33.6 Å². The van der Waals surface area contributed by atoms with Crippen molar-refractivity contribution < 1.29 is 14.3 Å². The Bertz CT molecular complexity index is 931. The Labute approximate surface area is 152 Å². The molecule has 0 saturated heterocycles. The molecule has 136 valence electrons. The maximum Gasteiger partial charge on any atom is 0.344 e. The van der Waals surface area contributed by atoms with Gasteiger partial charge < -0.3 is 9.47 Å². The van der Waals surface area contributed by atoms with Gasteiger partial charge in [0.05, 0.1) is 5.69 Å². The zero-order chi connectivity index (χ0) is 18.7. The molecular formula is C20H23N3O3. The predicted molar refractivity (Wildman–Crippen MR) is 98.8 cm³/mol. The SMILES string of the molecule is Cc1cc(OCCOC(=O)c2c(C)nn3cccnc23)ccc1C(C)C. The molecule has 6 heteroatoms. The van der Waals surface area contributed by atoms with E-state index in [1.807, 2.05) is 12.1 Å².